The molecule has 4 N–H and O–H groups in total. The minimum absolute atomic E-state index is 0. The number of hydrogen-bond donors (Lipinski definition) is 3. The van der Waals surface area contributed by atoms with Crippen LogP contribution in [0.25, 0.3) is 0 Å². The van der Waals surface area contributed by atoms with Crippen LogP contribution in [0.5, 0.6) is 0 Å². The molecule has 42 valence electrons. The van der Waals surface area contributed by atoms with E-state index in [0.29, 0.717) is 0 Å². The predicted molar refractivity (Wildman–Crippen MR) is 37.3 cm³/mol. The van der Waals surface area contributed by atoms with Crippen LogP contribution in [-0.2, 0) is 0 Å². The van der Waals surface area contributed by atoms with Gasteiger partial charge in [0.05, 0.1) is 0 Å². The zero-order valence-electron chi connectivity index (χ0n) is 3.55. The van der Waals surface area contributed by atoms with Gasteiger partial charge in [0.2, 0.25) is 0 Å². The normalized spacial score (nSPS) is 2.86. The summed E-state index contributed by atoms with van der Waals surface area (Å²) in [6.45, 7) is 0. The summed E-state index contributed by atoms with van der Waals surface area (Å²) in [5, 5.41) is 14.2. The first-order valence-electron chi connectivity index (χ1n) is 1.08. The first-order chi connectivity index (χ1) is 2.41. The number of thiol groups is 1. The van der Waals surface area contributed by atoms with Crippen LogP contribution in [-0.4, -0.2) is 59.0 Å². The molecule has 6 heteroatoms. The average Bonchev–Trinajstić information content (AvgIpc) is 1.46. The standard InChI is InChI=1S/CH4S.BH3O2.Na.H2O.H/c1-2;2-1-3;;;/h2H,1H3;1-3H;;1H2;. The van der Waals surface area contributed by atoms with Crippen molar-refractivity contribution >= 4 is 49.9 Å². The van der Waals surface area contributed by atoms with Crippen molar-refractivity contribution in [3.8, 4) is 0 Å². The molecule has 0 aromatic carbocycles. The quantitative estimate of drug-likeness (QED) is 0.250. The molecule has 0 amide bonds. The van der Waals surface area contributed by atoms with Crippen molar-refractivity contribution in [1.29, 1.82) is 0 Å². The molecule has 0 unspecified atom stereocenters. The van der Waals surface area contributed by atoms with Gasteiger partial charge >= 0.3 is 37.2 Å². The topological polar surface area (TPSA) is 72.0 Å². The van der Waals surface area contributed by atoms with Gasteiger partial charge in [-0.15, -0.1) is 0 Å². The van der Waals surface area contributed by atoms with Crippen LogP contribution in [0, 0.1) is 0 Å². The molecule has 0 fully saturated rings. The van der Waals surface area contributed by atoms with Crippen molar-refractivity contribution in [3.63, 3.8) is 0 Å². The Morgan fingerprint density at radius 1 is 1.29 bits per heavy atom. The molecule has 0 aliphatic rings. The molecule has 0 saturated heterocycles. The van der Waals surface area contributed by atoms with Gasteiger partial charge in [-0.2, -0.15) is 12.6 Å². The van der Waals surface area contributed by atoms with Crippen LogP contribution in [0.15, 0.2) is 0 Å². The minimum atomic E-state index is -0.750. The van der Waals surface area contributed by atoms with Gasteiger partial charge in [-0.1, -0.05) is 0 Å². The Morgan fingerprint density at radius 3 is 1.29 bits per heavy atom. The first-order valence-corrected chi connectivity index (χ1v) is 1.97. The van der Waals surface area contributed by atoms with Crippen LogP contribution >= 0.6 is 12.6 Å². The van der Waals surface area contributed by atoms with Gasteiger partial charge in [0.15, 0.2) is 0 Å². The van der Waals surface area contributed by atoms with Crippen molar-refractivity contribution in [2.45, 2.75) is 0 Å². The molecule has 0 atom stereocenters. The molecule has 0 radical (unpaired) electrons. The second kappa shape index (κ2) is 54.9. The third kappa shape index (κ3) is 122. The van der Waals surface area contributed by atoms with E-state index in [-0.39, 0.29) is 35.0 Å². The van der Waals surface area contributed by atoms with E-state index in [2.05, 4.69) is 12.6 Å². The van der Waals surface area contributed by atoms with Crippen molar-refractivity contribution in [3.05, 3.63) is 0 Å². The summed E-state index contributed by atoms with van der Waals surface area (Å²) in [6.07, 6.45) is 1.69. The summed E-state index contributed by atoms with van der Waals surface area (Å²) < 4.78 is 0. The van der Waals surface area contributed by atoms with E-state index in [1.54, 1.807) is 6.26 Å². The van der Waals surface area contributed by atoms with Crippen LogP contribution in [0.2, 0.25) is 0 Å². The number of hydrogen-bond acceptors (Lipinski definition) is 3. The van der Waals surface area contributed by atoms with Crippen molar-refractivity contribution in [2.24, 2.45) is 0 Å². The van der Waals surface area contributed by atoms with Gasteiger partial charge in [0.25, 0.3) is 0 Å². The third-order valence-corrected chi connectivity index (χ3v) is 0. The SMILES string of the molecule is CS.O.OBO.[NaH]. The molecule has 0 heterocycles. The van der Waals surface area contributed by atoms with E-state index < -0.39 is 7.69 Å². The number of rotatable bonds is 0. The molecule has 0 rings (SSSR count). The van der Waals surface area contributed by atoms with E-state index in [0.717, 1.165) is 0 Å². The van der Waals surface area contributed by atoms with Gasteiger partial charge in [0.1, 0.15) is 0 Å². The Bertz CT molecular complexity index is 14.9. The zero-order valence-corrected chi connectivity index (χ0v) is 4.44. The van der Waals surface area contributed by atoms with E-state index in [1.165, 1.54) is 0 Å². The fraction of sp³-hybridized carbons (Fsp3) is 1.00. The average molecular weight is 136 g/mol. The Morgan fingerprint density at radius 2 is 1.29 bits per heavy atom. The molecule has 0 aliphatic carbocycles. The molecule has 0 aliphatic heterocycles. The second-order valence-corrected chi connectivity index (χ2v) is 0.141. The Balaban J connectivity index is -0.0000000105. The van der Waals surface area contributed by atoms with Gasteiger partial charge < -0.3 is 15.5 Å². The molecule has 0 spiro atoms. The third-order valence-electron chi connectivity index (χ3n) is 0. The first kappa shape index (κ1) is 23.9. The second-order valence-electron chi connectivity index (χ2n) is 0.141. The van der Waals surface area contributed by atoms with Crippen LogP contribution < -0.4 is 0 Å². The van der Waals surface area contributed by atoms with E-state index >= 15 is 0 Å². The van der Waals surface area contributed by atoms with Gasteiger partial charge in [-0.25, -0.2) is 0 Å². The van der Waals surface area contributed by atoms with E-state index in [1.807, 2.05) is 0 Å². The summed E-state index contributed by atoms with van der Waals surface area (Å²) in [7, 11) is -0.750. The fourth-order valence-electron chi connectivity index (χ4n) is 0. The Labute approximate surface area is 71.4 Å². The monoisotopic (exact) mass is 136 g/mol. The van der Waals surface area contributed by atoms with E-state index in [9.17, 15) is 0 Å². The predicted octanol–water partition coefficient (Wildman–Crippen LogP) is -2.69. The van der Waals surface area contributed by atoms with Gasteiger partial charge in [-0.3, -0.25) is 0 Å². The maximum atomic E-state index is 7.12. The summed E-state index contributed by atoms with van der Waals surface area (Å²) in [6, 6.07) is 0. The van der Waals surface area contributed by atoms with Crippen molar-refractivity contribution in [1.82, 2.24) is 0 Å². The fourth-order valence-corrected chi connectivity index (χ4v) is 0. The summed E-state index contributed by atoms with van der Waals surface area (Å²) in [5.41, 5.74) is 0. The van der Waals surface area contributed by atoms with Gasteiger partial charge in [0, 0.05) is 0 Å². The van der Waals surface area contributed by atoms with Crippen LogP contribution in [0.3, 0.4) is 0 Å². The van der Waals surface area contributed by atoms with Crippen molar-refractivity contribution in [2.75, 3.05) is 6.26 Å². The molecule has 0 bridgehead atoms. The molecule has 3 nitrogen and oxygen atoms in total. The molecular weight excluding hydrogens is 126 g/mol. The Kier molecular flexibility index (Phi) is 188. The van der Waals surface area contributed by atoms with Crippen LogP contribution in [0.4, 0.5) is 0 Å². The maximum absolute atomic E-state index is 7.12. The van der Waals surface area contributed by atoms with Gasteiger partial charge in [-0.05, 0) is 6.26 Å². The summed E-state index contributed by atoms with van der Waals surface area (Å²) >= 11 is 3.53. The Hall–Kier alpha value is 1.29. The molecule has 0 saturated carbocycles. The summed E-state index contributed by atoms with van der Waals surface area (Å²) in [4.78, 5) is 0. The van der Waals surface area contributed by atoms with Crippen LogP contribution in [0.1, 0.15) is 0 Å². The molecule has 7 heavy (non-hydrogen) atoms. The van der Waals surface area contributed by atoms with Crippen molar-refractivity contribution < 1.29 is 15.5 Å². The molecule has 0 aromatic rings. The molecular formula is CH10BNaO3S. The zero-order chi connectivity index (χ0) is 4.71. The molecule has 0 aromatic heterocycles. The van der Waals surface area contributed by atoms with E-state index in [4.69, 9.17) is 10.0 Å². The summed E-state index contributed by atoms with van der Waals surface area (Å²) in [5.74, 6) is 0.